The molecule has 6 heteroatoms. The van der Waals surface area contributed by atoms with Gasteiger partial charge in [-0.25, -0.2) is 4.98 Å². The third-order valence-electron chi connectivity index (χ3n) is 3.54. The smallest absolute Gasteiger partial charge is 0.255 e. The van der Waals surface area contributed by atoms with Gasteiger partial charge in [0.2, 0.25) is 0 Å². The summed E-state index contributed by atoms with van der Waals surface area (Å²) < 4.78 is 0. The van der Waals surface area contributed by atoms with Crippen molar-refractivity contribution in [2.75, 3.05) is 44.2 Å². The molecule has 0 aromatic carbocycles. The van der Waals surface area contributed by atoms with Crippen molar-refractivity contribution in [2.24, 2.45) is 0 Å². The van der Waals surface area contributed by atoms with Crippen LogP contribution in [0.4, 0.5) is 5.82 Å². The van der Waals surface area contributed by atoms with Crippen molar-refractivity contribution in [2.45, 2.75) is 19.9 Å². The van der Waals surface area contributed by atoms with Gasteiger partial charge in [0, 0.05) is 45.0 Å². The van der Waals surface area contributed by atoms with E-state index in [-0.39, 0.29) is 18.6 Å². The maximum absolute atomic E-state index is 12.3. The molecule has 21 heavy (non-hydrogen) atoms. The van der Waals surface area contributed by atoms with E-state index in [1.165, 1.54) is 0 Å². The van der Waals surface area contributed by atoms with Crippen LogP contribution in [0.3, 0.4) is 0 Å². The van der Waals surface area contributed by atoms with E-state index >= 15 is 0 Å². The van der Waals surface area contributed by atoms with Gasteiger partial charge in [-0.15, -0.1) is 0 Å². The number of anilines is 1. The fourth-order valence-electron chi connectivity index (χ4n) is 2.49. The van der Waals surface area contributed by atoms with Crippen LogP contribution in [0, 0.1) is 0 Å². The monoisotopic (exact) mass is 292 g/mol. The molecule has 116 valence electrons. The van der Waals surface area contributed by atoms with E-state index in [0.29, 0.717) is 12.1 Å². The summed E-state index contributed by atoms with van der Waals surface area (Å²) in [6.45, 7) is 8.17. The largest absolute Gasteiger partial charge is 0.395 e. The van der Waals surface area contributed by atoms with Crippen molar-refractivity contribution in [3.63, 3.8) is 0 Å². The maximum atomic E-state index is 12.3. The lowest BCUT2D eigenvalue weighted by Crippen LogP contribution is -2.48. The number of nitrogens with one attached hydrogen (secondary N) is 1. The molecule has 0 unspecified atom stereocenters. The SMILES string of the molecule is CC(C)NC(=O)c1cccnc1N1CCN(CCO)CC1. The number of amides is 1. The zero-order chi connectivity index (χ0) is 15.2. The fraction of sp³-hybridized carbons (Fsp3) is 0.600. The highest BCUT2D eigenvalue weighted by molar-refractivity contribution is 5.99. The molecule has 0 bridgehead atoms. The third-order valence-corrected chi connectivity index (χ3v) is 3.54. The molecule has 2 N–H and O–H groups in total. The van der Waals surface area contributed by atoms with Crippen LogP contribution in [0.5, 0.6) is 0 Å². The average molecular weight is 292 g/mol. The summed E-state index contributed by atoms with van der Waals surface area (Å²) in [5.41, 5.74) is 0.627. The third kappa shape index (κ3) is 4.15. The highest BCUT2D eigenvalue weighted by Gasteiger charge is 2.22. The quantitative estimate of drug-likeness (QED) is 0.819. The van der Waals surface area contributed by atoms with Crippen molar-refractivity contribution < 1.29 is 9.90 Å². The van der Waals surface area contributed by atoms with Gasteiger partial charge in [-0.1, -0.05) is 0 Å². The van der Waals surface area contributed by atoms with E-state index in [4.69, 9.17) is 5.11 Å². The van der Waals surface area contributed by atoms with E-state index in [9.17, 15) is 4.79 Å². The summed E-state index contributed by atoms with van der Waals surface area (Å²) in [4.78, 5) is 21.0. The Labute approximate surface area is 125 Å². The van der Waals surface area contributed by atoms with Gasteiger partial charge >= 0.3 is 0 Å². The Kier molecular flexibility index (Phi) is 5.52. The lowest BCUT2D eigenvalue weighted by atomic mass is 10.2. The van der Waals surface area contributed by atoms with Gasteiger partial charge in [0.1, 0.15) is 5.82 Å². The topological polar surface area (TPSA) is 68.7 Å². The second-order valence-electron chi connectivity index (χ2n) is 5.56. The Morgan fingerprint density at radius 2 is 2.10 bits per heavy atom. The lowest BCUT2D eigenvalue weighted by Gasteiger charge is -2.35. The molecule has 1 aromatic heterocycles. The standard InChI is InChI=1S/C15H24N4O2/c1-12(2)17-15(21)13-4-3-5-16-14(13)19-8-6-18(7-9-19)10-11-20/h3-5,12,20H,6-11H2,1-2H3,(H,17,21). The van der Waals surface area contributed by atoms with Gasteiger partial charge in [0.05, 0.1) is 12.2 Å². The molecule has 1 aliphatic rings. The highest BCUT2D eigenvalue weighted by Crippen LogP contribution is 2.19. The normalized spacial score (nSPS) is 16.3. The Balaban J connectivity index is 2.08. The summed E-state index contributed by atoms with van der Waals surface area (Å²) in [5.74, 6) is 0.671. The van der Waals surface area contributed by atoms with Crippen LogP contribution < -0.4 is 10.2 Å². The number of rotatable bonds is 5. The van der Waals surface area contributed by atoms with Crippen LogP contribution >= 0.6 is 0 Å². The predicted octanol–water partition coefficient (Wildman–Crippen LogP) is 0.334. The number of hydrogen-bond donors (Lipinski definition) is 2. The number of carbonyl (C=O) groups is 1. The molecule has 0 spiro atoms. The molecule has 1 fully saturated rings. The Bertz CT molecular complexity index is 470. The van der Waals surface area contributed by atoms with Crippen LogP contribution in [0.15, 0.2) is 18.3 Å². The second-order valence-corrected chi connectivity index (χ2v) is 5.56. The summed E-state index contributed by atoms with van der Waals surface area (Å²) in [7, 11) is 0. The number of aliphatic hydroxyl groups excluding tert-OH is 1. The molecule has 0 aliphatic carbocycles. The first-order chi connectivity index (χ1) is 10.1. The van der Waals surface area contributed by atoms with Crippen LogP contribution in [0.1, 0.15) is 24.2 Å². The van der Waals surface area contributed by atoms with Gasteiger partial charge in [-0.05, 0) is 26.0 Å². The average Bonchev–Trinajstić information content (AvgIpc) is 2.48. The molecule has 0 atom stereocenters. The minimum absolute atomic E-state index is 0.0779. The molecule has 0 saturated carbocycles. The van der Waals surface area contributed by atoms with E-state index in [2.05, 4.69) is 20.1 Å². The van der Waals surface area contributed by atoms with Gasteiger partial charge < -0.3 is 15.3 Å². The fourth-order valence-corrected chi connectivity index (χ4v) is 2.49. The van der Waals surface area contributed by atoms with Crippen molar-refractivity contribution in [1.29, 1.82) is 0 Å². The van der Waals surface area contributed by atoms with Crippen molar-refractivity contribution >= 4 is 11.7 Å². The Hall–Kier alpha value is -1.66. The molecule has 2 heterocycles. The molecule has 0 radical (unpaired) electrons. The molecule has 2 rings (SSSR count). The molecular weight excluding hydrogens is 268 g/mol. The number of hydrogen-bond acceptors (Lipinski definition) is 5. The molecule has 1 amide bonds. The predicted molar refractivity (Wildman–Crippen MR) is 82.6 cm³/mol. The van der Waals surface area contributed by atoms with E-state index in [0.717, 1.165) is 32.0 Å². The number of carbonyl (C=O) groups excluding carboxylic acids is 1. The lowest BCUT2D eigenvalue weighted by molar-refractivity contribution is 0.0943. The van der Waals surface area contributed by atoms with E-state index in [1.807, 2.05) is 19.9 Å². The number of β-amino-alcohol motifs (C(OH)–C–C–N with tert-alkyl or cyclic N) is 1. The summed E-state index contributed by atoms with van der Waals surface area (Å²) in [6, 6.07) is 3.72. The molecule has 1 saturated heterocycles. The maximum Gasteiger partial charge on any atom is 0.255 e. The summed E-state index contributed by atoms with van der Waals surface area (Å²) in [6.07, 6.45) is 1.72. The van der Waals surface area contributed by atoms with E-state index < -0.39 is 0 Å². The first-order valence-electron chi connectivity index (χ1n) is 7.46. The number of pyridine rings is 1. The minimum Gasteiger partial charge on any atom is -0.395 e. The zero-order valence-corrected chi connectivity index (χ0v) is 12.7. The first kappa shape index (κ1) is 15.7. The number of aliphatic hydroxyl groups is 1. The van der Waals surface area contributed by atoms with Gasteiger partial charge in [-0.3, -0.25) is 9.69 Å². The van der Waals surface area contributed by atoms with Gasteiger partial charge in [-0.2, -0.15) is 0 Å². The van der Waals surface area contributed by atoms with Crippen LogP contribution in [0.25, 0.3) is 0 Å². The van der Waals surface area contributed by atoms with Gasteiger partial charge in [0.15, 0.2) is 0 Å². The zero-order valence-electron chi connectivity index (χ0n) is 12.7. The Morgan fingerprint density at radius 1 is 1.38 bits per heavy atom. The first-order valence-corrected chi connectivity index (χ1v) is 7.46. The minimum atomic E-state index is -0.0779. The molecular formula is C15H24N4O2. The second kappa shape index (κ2) is 7.38. The number of piperazine rings is 1. The summed E-state index contributed by atoms with van der Waals surface area (Å²) >= 11 is 0. The van der Waals surface area contributed by atoms with Crippen LogP contribution in [-0.2, 0) is 0 Å². The molecule has 1 aromatic rings. The van der Waals surface area contributed by atoms with E-state index in [1.54, 1.807) is 12.3 Å². The molecule has 6 nitrogen and oxygen atoms in total. The van der Waals surface area contributed by atoms with Crippen molar-refractivity contribution in [1.82, 2.24) is 15.2 Å². The number of aromatic nitrogens is 1. The van der Waals surface area contributed by atoms with Crippen molar-refractivity contribution in [3.8, 4) is 0 Å². The van der Waals surface area contributed by atoms with Crippen molar-refractivity contribution in [3.05, 3.63) is 23.9 Å². The number of nitrogens with zero attached hydrogens (tertiary/aromatic N) is 3. The van der Waals surface area contributed by atoms with Crippen LogP contribution in [0.2, 0.25) is 0 Å². The summed E-state index contributed by atoms with van der Waals surface area (Å²) in [5, 5.41) is 11.9. The van der Waals surface area contributed by atoms with Gasteiger partial charge in [0.25, 0.3) is 5.91 Å². The molecule has 1 aliphatic heterocycles. The highest BCUT2D eigenvalue weighted by atomic mass is 16.3. The Morgan fingerprint density at radius 3 is 2.71 bits per heavy atom. The van der Waals surface area contributed by atoms with Crippen LogP contribution in [-0.4, -0.2) is 66.3 Å².